The van der Waals surface area contributed by atoms with Gasteiger partial charge in [0, 0.05) is 17.8 Å². The minimum atomic E-state index is -0.0658. The zero-order valence-corrected chi connectivity index (χ0v) is 13.0. The van der Waals surface area contributed by atoms with E-state index in [1.54, 1.807) is 18.3 Å². The topological polar surface area (TPSA) is 67.0 Å². The van der Waals surface area contributed by atoms with E-state index >= 15 is 0 Å². The Kier molecular flexibility index (Phi) is 4.57. The molecule has 0 bridgehead atoms. The first-order valence-electron chi connectivity index (χ1n) is 7.69. The molecule has 2 heterocycles. The third kappa shape index (κ3) is 3.88. The molecule has 0 saturated carbocycles. The van der Waals surface area contributed by atoms with E-state index in [0.717, 1.165) is 22.9 Å². The molecule has 23 heavy (non-hydrogen) atoms. The second-order valence-electron chi connectivity index (χ2n) is 5.36. The van der Waals surface area contributed by atoms with E-state index in [4.69, 9.17) is 4.74 Å². The fourth-order valence-corrected chi connectivity index (χ4v) is 2.35. The lowest BCUT2D eigenvalue weighted by molar-refractivity contribution is -0.115. The minimum Gasteiger partial charge on any atom is -0.478 e. The normalized spacial score (nSPS) is 10.7. The first kappa shape index (κ1) is 15.1. The molecule has 0 radical (unpaired) electrons. The van der Waals surface area contributed by atoms with Crippen LogP contribution in [0.1, 0.15) is 18.9 Å². The molecule has 2 N–H and O–H groups in total. The van der Waals surface area contributed by atoms with E-state index in [9.17, 15) is 4.79 Å². The number of hydrogen-bond acceptors (Lipinski definition) is 3. The number of hydrogen-bond donors (Lipinski definition) is 2. The van der Waals surface area contributed by atoms with Gasteiger partial charge in [-0.1, -0.05) is 13.0 Å². The quantitative estimate of drug-likeness (QED) is 0.732. The maximum Gasteiger partial charge on any atom is 0.228 e. The fourth-order valence-electron chi connectivity index (χ4n) is 2.35. The Morgan fingerprint density at radius 2 is 2.17 bits per heavy atom. The first-order valence-corrected chi connectivity index (χ1v) is 7.69. The van der Waals surface area contributed by atoms with Crippen LogP contribution < -0.4 is 10.1 Å². The van der Waals surface area contributed by atoms with Gasteiger partial charge in [0.1, 0.15) is 0 Å². The number of aromatic nitrogens is 2. The summed E-state index contributed by atoms with van der Waals surface area (Å²) >= 11 is 0. The number of carbonyl (C=O) groups excluding carboxylic acids is 1. The summed E-state index contributed by atoms with van der Waals surface area (Å²) in [6.45, 7) is 2.68. The Bertz CT molecular complexity index is 793. The molecule has 2 aromatic heterocycles. The molecule has 0 fully saturated rings. The van der Waals surface area contributed by atoms with Crippen molar-refractivity contribution in [3.05, 3.63) is 54.4 Å². The molecular weight excluding hydrogens is 290 g/mol. The van der Waals surface area contributed by atoms with Crippen molar-refractivity contribution < 1.29 is 9.53 Å². The molecule has 1 aromatic carbocycles. The van der Waals surface area contributed by atoms with Crippen LogP contribution in [0.15, 0.2) is 48.8 Å². The summed E-state index contributed by atoms with van der Waals surface area (Å²) in [6.07, 6.45) is 4.77. The molecule has 3 rings (SSSR count). The average molecular weight is 309 g/mol. The lowest BCUT2D eigenvalue weighted by Crippen LogP contribution is -2.14. The number of nitrogens with zero attached hydrogens (tertiary/aromatic N) is 1. The number of carbonyl (C=O) groups is 1. The van der Waals surface area contributed by atoms with Crippen LogP contribution in [0.3, 0.4) is 0 Å². The summed E-state index contributed by atoms with van der Waals surface area (Å²) < 4.78 is 5.42. The summed E-state index contributed by atoms with van der Waals surface area (Å²) in [5.41, 5.74) is 2.72. The van der Waals surface area contributed by atoms with Gasteiger partial charge in [-0.25, -0.2) is 4.98 Å². The molecule has 5 heteroatoms. The molecule has 0 spiro atoms. The lowest BCUT2D eigenvalue weighted by Gasteiger charge is -2.07. The van der Waals surface area contributed by atoms with E-state index in [-0.39, 0.29) is 5.91 Å². The largest absolute Gasteiger partial charge is 0.478 e. The zero-order valence-electron chi connectivity index (χ0n) is 13.0. The summed E-state index contributed by atoms with van der Waals surface area (Å²) in [5.74, 6) is 0.506. The maximum absolute atomic E-state index is 12.1. The number of nitrogens with one attached hydrogen (secondary N) is 2. The van der Waals surface area contributed by atoms with Gasteiger partial charge in [0.2, 0.25) is 11.8 Å². The van der Waals surface area contributed by atoms with Crippen molar-refractivity contribution in [3.8, 4) is 5.88 Å². The number of aromatic amines is 1. The Hall–Kier alpha value is -2.82. The standard InChI is InChI=1S/C18H19N3O2/c1-2-9-23-18-6-4-15(12-20-18)21-17(22)11-13-3-5-16-14(10-13)7-8-19-16/h3-8,10,12,19H,2,9,11H2,1H3,(H,21,22). The second kappa shape index (κ2) is 6.96. The number of rotatable bonds is 6. The highest BCUT2D eigenvalue weighted by Crippen LogP contribution is 2.16. The van der Waals surface area contributed by atoms with Crippen molar-refractivity contribution in [1.82, 2.24) is 9.97 Å². The van der Waals surface area contributed by atoms with Crippen molar-refractivity contribution in [3.63, 3.8) is 0 Å². The Morgan fingerprint density at radius 3 is 2.96 bits per heavy atom. The van der Waals surface area contributed by atoms with Gasteiger partial charge in [-0.05, 0) is 41.6 Å². The lowest BCUT2D eigenvalue weighted by atomic mass is 10.1. The number of fused-ring (bicyclic) bond motifs is 1. The highest BCUT2D eigenvalue weighted by molar-refractivity contribution is 5.93. The van der Waals surface area contributed by atoms with Crippen LogP contribution in [-0.2, 0) is 11.2 Å². The van der Waals surface area contributed by atoms with Crippen LogP contribution in [0.25, 0.3) is 10.9 Å². The molecule has 3 aromatic rings. The Labute approximate surface area is 134 Å². The van der Waals surface area contributed by atoms with Gasteiger partial charge < -0.3 is 15.0 Å². The van der Waals surface area contributed by atoms with Crippen LogP contribution in [0.2, 0.25) is 0 Å². The molecular formula is C18H19N3O2. The summed E-state index contributed by atoms with van der Waals surface area (Å²) in [4.78, 5) is 19.4. The van der Waals surface area contributed by atoms with Crippen molar-refractivity contribution in [2.75, 3.05) is 11.9 Å². The van der Waals surface area contributed by atoms with Crippen LogP contribution >= 0.6 is 0 Å². The highest BCUT2D eigenvalue weighted by atomic mass is 16.5. The second-order valence-corrected chi connectivity index (χ2v) is 5.36. The molecule has 5 nitrogen and oxygen atoms in total. The Morgan fingerprint density at radius 1 is 1.26 bits per heavy atom. The number of anilines is 1. The van der Waals surface area contributed by atoms with E-state index in [0.29, 0.717) is 24.6 Å². The summed E-state index contributed by atoms with van der Waals surface area (Å²) in [7, 11) is 0. The van der Waals surface area contributed by atoms with Gasteiger partial charge in [0.15, 0.2) is 0 Å². The molecule has 0 aliphatic rings. The monoisotopic (exact) mass is 309 g/mol. The Balaban J connectivity index is 1.60. The molecule has 0 aliphatic heterocycles. The van der Waals surface area contributed by atoms with Crippen LogP contribution in [-0.4, -0.2) is 22.5 Å². The van der Waals surface area contributed by atoms with Gasteiger partial charge in [0.25, 0.3) is 0 Å². The molecule has 0 unspecified atom stereocenters. The van der Waals surface area contributed by atoms with Crippen LogP contribution in [0.5, 0.6) is 5.88 Å². The third-order valence-electron chi connectivity index (χ3n) is 3.46. The minimum absolute atomic E-state index is 0.0658. The van der Waals surface area contributed by atoms with E-state index < -0.39 is 0 Å². The average Bonchev–Trinajstić information content (AvgIpc) is 3.02. The van der Waals surface area contributed by atoms with Crippen molar-refractivity contribution in [1.29, 1.82) is 0 Å². The van der Waals surface area contributed by atoms with Crippen LogP contribution in [0, 0.1) is 0 Å². The van der Waals surface area contributed by atoms with Gasteiger partial charge in [0.05, 0.1) is 24.9 Å². The molecule has 0 atom stereocenters. The zero-order chi connectivity index (χ0) is 16.1. The first-order chi connectivity index (χ1) is 11.2. The van der Waals surface area contributed by atoms with Gasteiger partial charge >= 0.3 is 0 Å². The van der Waals surface area contributed by atoms with Gasteiger partial charge in [-0.15, -0.1) is 0 Å². The number of amides is 1. The summed E-state index contributed by atoms with van der Waals surface area (Å²) in [5, 5.41) is 3.96. The fraction of sp³-hybridized carbons (Fsp3) is 0.222. The van der Waals surface area contributed by atoms with E-state index in [1.165, 1.54) is 0 Å². The smallest absolute Gasteiger partial charge is 0.228 e. The van der Waals surface area contributed by atoms with Crippen molar-refractivity contribution in [2.24, 2.45) is 0 Å². The number of pyridine rings is 1. The van der Waals surface area contributed by atoms with E-state index in [2.05, 4.69) is 15.3 Å². The number of ether oxygens (including phenoxy) is 1. The number of benzene rings is 1. The number of H-pyrrole nitrogens is 1. The highest BCUT2D eigenvalue weighted by Gasteiger charge is 2.06. The molecule has 0 saturated heterocycles. The van der Waals surface area contributed by atoms with Crippen LogP contribution in [0.4, 0.5) is 5.69 Å². The van der Waals surface area contributed by atoms with E-state index in [1.807, 2.05) is 37.4 Å². The summed E-state index contributed by atoms with van der Waals surface area (Å²) in [6, 6.07) is 11.5. The molecule has 1 amide bonds. The van der Waals surface area contributed by atoms with Gasteiger partial charge in [-0.2, -0.15) is 0 Å². The third-order valence-corrected chi connectivity index (χ3v) is 3.46. The predicted octanol–water partition coefficient (Wildman–Crippen LogP) is 3.53. The predicted molar refractivity (Wildman–Crippen MR) is 90.7 cm³/mol. The van der Waals surface area contributed by atoms with Gasteiger partial charge in [-0.3, -0.25) is 4.79 Å². The van der Waals surface area contributed by atoms with Crippen molar-refractivity contribution in [2.45, 2.75) is 19.8 Å². The molecule has 0 aliphatic carbocycles. The molecule has 118 valence electrons. The van der Waals surface area contributed by atoms with Crippen molar-refractivity contribution >= 4 is 22.5 Å². The SMILES string of the molecule is CCCOc1ccc(NC(=O)Cc2ccc3[nH]ccc3c2)cn1. The maximum atomic E-state index is 12.1.